The van der Waals surface area contributed by atoms with E-state index in [0.717, 1.165) is 109 Å². The van der Waals surface area contributed by atoms with Crippen LogP contribution in [0, 0.1) is 0 Å². The minimum Gasteiger partial charge on any atom is -0.462 e. The number of carbonyl (C=O) groups excluding carboxylic acids is 3. The molecule has 0 bridgehead atoms. The van der Waals surface area contributed by atoms with Gasteiger partial charge in [0.05, 0.1) is 19.8 Å². The van der Waals surface area contributed by atoms with Gasteiger partial charge in [0.2, 0.25) is 0 Å². The van der Waals surface area contributed by atoms with Crippen molar-refractivity contribution in [2.24, 2.45) is 0 Å². The maximum atomic E-state index is 12.8. The molecule has 0 aromatic rings. The van der Waals surface area contributed by atoms with E-state index in [4.69, 9.17) is 23.3 Å². The van der Waals surface area contributed by atoms with Gasteiger partial charge in [-0.15, -0.1) is 0 Å². The number of esters is 3. The van der Waals surface area contributed by atoms with Crippen LogP contribution in [0.5, 0.6) is 0 Å². The molecule has 11 nitrogen and oxygen atoms in total. The molecule has 2 N–H and O–H groups in total. The number of phosphoric acid groups is 1. The lowest BCUT2D eigenvalue weighted by atomic mass is 10.1. The number of phosphoric ester groups is 1. The highest BCUT2D eigenvalue weighted by atomic mass is 31.2. The Morgan fingerprint density at radius 2 is 0.765 bits per heavy atom. The van der Waals surface area contributed by atoms with Crippen LogP contribution < -0.4 is 0 Å². The Hall–Kier alpha value is -3.60. The van der Waals surface area contributed by atoms with Gasteiger partial charge in [-0.1, -0.05) is 182 Å². The summed E-state index contributed by atoms with van der Waals surface area (Å²) in [5.41, 5.74) is 0. The number of unbranched alkanes of at least 4 members (excludes halogenated alkanes) is 14. The number of hydrogen-bond acceptors (Lipinski definition) is 10. The molecule has 388 valence electrons. The minimum atomic E-state index is -4.76. The summed E-state index contributed by atoms with van der Waals surface area (Å²) in [6.07, 6.45) is 56.7. The first-order chi connectivity index (χ1) is 33.2. The number of hydrogen-bond donors (Lipinski definition) is 2. The lowest BCUT2D eigenvalue weighted by Gasteiger charge is -2.21. The van der Waals surface area contributed by atoms with Crippen molar-refractivity contribution in [2.75, 3.05) is 26.4 Å². The van der Waals surface area contributed by atoms with Gasteiger partial charge in [-0.25, -0.2) is 4.57 Å². The third-order valence-corrected chi connectivity index (χ3v) is 11.5. The minimum absolute atomic E-state index is 0.127. The Morgan fingerprint density at radius 3 is 1.21 bits per heavy atom. The smallest absolute Gasteiger partial charge is 0.462 e. The SMILES string of the molecule is CC/C=C\C/C=C\C/C=C\C/C=C\CCCCCCC(=O)OC(COC(=O)CCCC/C=C\C/C=C\C/C=C\C/C=C\CC)COP(=O)(O)OCC(CO)OC(=O)CCCCCCCCCCC. The second-order valence-electron chi connectivity index (χ2n) is 16.9. The van der Waals surface area contributed by atoms with Crippen LogP contribution in [-0.4, -0.2) is 66.5 Å². The molecular formula is C56H93O11P. The quantitative estimate of drug-likeness (QED) is 0.0197. The highest BCUT2D eigenvalue weighted by Gasteiger charge is 2.28. The van der Waals surface area contributed by atoms with Crippen LogP contribution in [-0.2, 0) is 42.2 Å². The molecule has 0 heterocycles. The Kier molecular flexibility index (Phi) is 47.2. The summed E-state index contributed by atoms with van der Waals surface area (Å²) >= 11 is 0. The van der Waals surface area contributed by atoms with E-state index in [2.05, 4.69) is 118 Å². The topological polar surface area (TPSA) is 155 Å². The van der Waals surface area contributed by atoms with E-state index in [0.29, 0.717) is 19.3 Å². The Balaban J connectivity index is 4.87. The van der Waals surface area contributed by atoms with E-state index in [-0.39, 0.29) is 25.9 Å². The molecule has 0 amide bonds. The molecule has 68 heavy (non-hydrogen) atoms. The average Bonchev–Trinajstić information content (AvgIpc) is 3.32. The van der Waals surface area contributed by atoms with Gasteiger partial charge >= 0.3 is 25.7 Å². The predicted molar refractivity (Wildman–Crippen MR) is 279 cm³/mol. The Morgan fingerprint density at radius 1 is 0.426 bits per heavy atom. The van der Waals surface area contributed by atoms with Crippen molar-refractivity contribution in [3.8, 4) is 0 Å². The van der Waals surface area contributed by atoms with Crippen molar-refractivity contribution in [1.82, 2.24) is 0 Å². The van der Waals surface area contributed by atoms with E-state index >= 15 is 0 Å². The molecule has 0 aromatic carbocycles. The number of carbonyl (C=O) groups is 3. The molecule has 3 atom stereocenters. The first-order valence-corrected chi connectivity index (χ1v) is 27.6. The van der Waals surface area contributed by atoms with Gasteiger partial charge in [-0.2, -0.15) is 0 Å². The zero-order chi connectivity index (χ0) is 49.9. The number of aliphatic hydroxyl groups is 1. The molecule has 0 aromatic heterocycles. The van der Waals surface area contributed by atoms with Crippen molar-refractivity contribution < 1.29 is 52.2 Å². The van der Waals surface area contributed by atoms with Crippen LogP contribution in [0.15, 0.2) is 97.2 Å². The van der Waals surface area contributed by atoms with Crippen molar-refractivity contribution >= 4 is 25.7 Å². The van der Waals surface area contributed by atoms with Crippen LogP contribution >= 0.6 is 7.82 Å². The third kappa shape index (κ3) is 47.5. The van der Waals surface area contributed by atoms with Gasteiger partial charge in [0.1, 0.15) is 12.7 Å². The molecule has 0 rings (SSSR count). The van der Waals surface area contributed by atoms with E-state index in [1.54, 1.807) is 0 Å². The van der Waals surface area contributed by atoms with Crippen molar-refractivity contribution in [2.45, 2.75) is 213 Å². The third-order valence-electron chi connectivity index (χ3n) is 10.5. The normalized spacial score (nSPS) is 14.2. The molecule has 0 fully saturated rings. The Bertz CT molecular complexity index is 1510. The highest BCUT2D eigenvalue weighted by Crippen LogP contribution is 2.43. The summed E-state index contributed by atoms with van der Waals surface area (Å²) in [5, 5.41) is 9.75. The summed E-state index contributed by atoms with van der Waals surface area (Å²) < 4.78 is 39.3. The number of rotatable bonds is 47. The zero-order valence-corrected chi connectivity index (χ0v) is 43.4. The molecule has 0 aliphatic carbocycles. The zero-order valence-electron chi connectivity index (χ0n) is 42.5. The van der Waals surface area contributed by atoms with E-state index < -0.39 is 57.8 Å². The van der Waals surface area contributed by atoms with Crippen molar-refractivity contribution in [1.29, 1.82) is 0 Å². The summed E-state index contributed by atoms with van der Waals surface area (Å²) in [6, 6.07) is 0. The van der Waals surface area contributed by atoms with Gasteiger partial charge in [0.15, 0.2) is 6.10 Å². The van der Waals surface area contributed by atoms with Crippen LogP contribution in [0.1, 0.15) is 201 Å². The summed E-state index contributed by atoms with van der Waals surface area (Å²) in [5.74, 6) is -1.55. The van der Waals surface area contributed by atoms with Gasteiger partial charge in [-0.3, -0.25) is 23.4 Å². The van der Waals surface area contributed by atoms with Crippen LogP contribution in [0.4, 0.5) is 0 Å². The van der Waals surface area contributed by atoms with Gasteiger partial charge in [0.25, 0.3) is 0 Å². The summed E-state index contributed by atoms with van der Waals surface area (Å²) in [6.45, 7) is 4.29. The molecule has 0 saturated heterocycles. The summed E-state index contributed by atoms with van der Waals surface area (Å²) in [7, 11) is -4.76. The standard InChI is InChI=1S/C56H93O11P/c1-4-7-10-13-16-19-21-23-25-26-28-30-32-35-38-41-44-47-56(60)67-53(49-63-54(58)45-42-39-36-34-31-29-27-24-22-20-17-14-11-8-5-2)51-65-68(61,62)64-50-52(48-57)66-55(59)46-43-40-37-33-18-15-12-9-6-3/h7-8,10-11,16-17,19-20,23-25,27-28,30-31,34,52-53,57H,4-6,9,12-15,18,21-22,26,29,32-33,35-51H2,1-3H3,(H,61,62)/b10-7-,11-8-,19-16-,20-17-,25-23-,27-24-,30-28-,34-31-. The van der Waals surface area contributed by atoms with E-state index in [1.165, 1.54) is 32.1 Å². The summed E-state index contributed by atoms with van der Waals surface area (Å²) in [4.78, 5) is 48.3. The Labute approximate surface area is 412 Å². The number of aliphatic hydroxyl groups excluding tert-OH is 1. The fourth-order valence-corrected chi connectivity index (χ4v) is 7.36. The maximum absolute atomic E-state index is 12.8. The molecule has 12 heteroatoms. The second kappa shape index (κ2) is 49.8. The van der Waals surface area contributed by atoms with Crippen LogP contribution in [0.2, 0.25) is 0 Å². The van der Waals surface area contributed by atoms with Crippen molar-refractivity contribution in [3.63, 3.8) is 0 Å². The molecule has 0 spiro atoms. The first kappa shape index (κ1) is 64.4. The predicted octanol–water partition coefficient (Wildman–Crippen LogP) is 14.9. The second-order valence-corrected chi connectivity index (χ2v) is 18.4. The van der Waals surface area contributed by atoms with E-state index in [1.807, 2.05) is 0 Å². The molecule has 0 saturated carbocycles. The molecule has 0 radical (unpaired) electrons. The van der Waals surface area contributed by atoms with Crippen LogP contribution in [0.25, 0.3) is 0 Å². The monoisotopic (exact) mass is 973 g/mol. The largest absolute Gasteiger partial charge is 0.472 e. The first-order valence-electron chi connectivity index (χ1n) is 26.1. The molecule has 0 aliphatic heterocycles. The van der Waals surface area contributed by atoms with Gasteiger partial charge in [0, 0.05) is 19.3 Å². The number of ether oxygens (including phenoxy) is 3. The average molecular weight is 973 g/mol. The fourth-order valence-electron chi connectivity index (χ4n) is 6.57. The van der Waals surface area contributed by atoms with Crippen molar-refractivity contribution in [3.05, 3.63) is 97.2 Å². The molecule has 3 unspecified atom stereocenters. The van der Waals surface area contributed by atoms with Gasteiger partial charge in [-0.05, 0) is 96.3 Å². The fraction of sp³-hybridized carbons (Fsp3) is 0.661. The van der Waals surface area contributed by atoms with Gasteiger partial charge < -0.3 is 24.2 Å². The highest BCUT2D eigenvalue weighted by molar-refractivity contribution is 7.47. The lowest BCUT2D eigenvalue weighted by Crippen LogP contribution is -2.30. The number of allylic oxidation sites excluding steroid dienone is 16. The lowest BCUT2D eigenvalue weighted by molar-refractivity contribution is -0.161. The van der Waals surface area contributed by atoms with Crippen LogP contribution in [0.3, 0.4) is 0 Å². The maximum Gasteiger partial charge on any atom is 0.472 e. The molecule has 0 aliphatic rings. The van der Waals surface area contributed by atoms with E-state index in [9.17, 15) is 28.9 Å². The molecular weight excluding hydrogens is 880 g/mol.